The highest BCUT2D eigenvalue weighted by molar-refractivity contribution is 7.07. The Labute approximate surface area is 180 Å². The van der Waals surface area contributed by atoms with E-state index in [0.717, 1.165) is 52.0 Å². The van der Waals surface area contributed by atoms with E-state index in [2.05, 4.69) is 17.3 Å². The van der Waals surface area contributed by atoms with Gasteiger partial charge in [-0.1, -0.05) is 6.92 Å². The van der Waals surface area contributed by atoms with Crippen molar-refractivity contribution in [3.8, 4) is 22.8 Å². The Hall–Kier alpha value is -2.93. The van der Waals surface area contributed by atoms with E-state index in [-0.39, 0.29) is 0 Å². The average molecular weight is 423 g/mol. The van der Waals surface area contributed by atoms with Crippen molar-refractivity contribution in [3.63, 3.8) is 0 Å². The molecule has 7 heteroatoms. The van der Waals surface area contributed by atoms with Gasteiger partial charge in [-0.2, -0.15) is 5.10 Å². The number of rotatable bonds is 5. The highest BCUT2D eigenvalue weighted by Crippen LogP contribution is 2.34. The van der Waals surface area contributed by atoms with Gasteiger partial charge < -0.3 is 9.47 Å². The second-order valence-electron chi connectivity index (χ2n) is 7.45. The van der Waals surface area contributed by atoms with Gasteiger partial charge in [0.05, 0.1) is 31.8 Å². The average Bonchev–Trinajstić information content (AvgIpc) is 3.17. The van der Waals surface area contributed by atoms with Crippen LogP contribution in [0.15, 0.2) is 58.2 Å². The van der Waals surface area contributed by atoms with E-state index in [1.54, 1.807) is 38.0 Å². The van der Waals surface area contributed by atoms with Gasteiger partial charge in [0.2, 0.25) is 4.80 Å². The summed E-state index contributed by atoms with van der Waals surface area (Å²) in [6.45, 7) is 2.31. The monoisotopic (exact) mass is 422 g/mol. The van der Waals surface area contributed by atoms with Gasteiger partial charge in [0, 0.05) is 22.9 Å². The Kier molecular flexibility index (Phi) is 6.28. The van der Waals surface area contributed by atoms with Crippen LogP contribution in [0.1, 0.15) is 32.6 Å². The molecule has 1 fully saturated rings. The van der Waals surface area contributed by atoms with Crippen molar-refractivity contribution in [2.45, 2.75) is 32.6 Å². The van der Waals surface area contributed by atoms with Crippen LogP contribution in [0.2, 0.25) is 0 Å². The standard InChI is InChI=1S/C23H26N4O2S/c1-16-6-8-17(9-7-16)26-27-21(20-13-19(28-2)10-11-22(20)29-3)15-30-23(27)25-18-5-4-12-24-14-18/h4-5,10-16H,6-9H2,1-3H3. The zero-order valence-corrected chi connectivity index (χ0v) is 18.4. The van der Waals surface area contributed by atoms with Gasteiger partial charge in [-0.05, 0) is 61.9 Å². The molecule has 156 valence electrons. The van der Waals surface area contributed by atoms with Crippen LogP contribution in [-0.4, -0.2) is 29.6 Å². The SMILES string of the molecule is COc1ccc(OC)c(-c2csc(=Nc3cccnc3)n2N=C2CCC(C)CC2)c1. The maximum atomic E-state index is 5.63. The Morgan fingerprint density at radius 1 is 1.13 bits per heavy atom. The lowest BCUT2D eigenvalue weighted by molar-refractivity contribution is 0.404. The summed E-state index contributed by atoms with van der Waals surface area (Å²) in [7, 11) is 3.34. The molecule has 30 heavy (non-hydrogen) atoms. The summed E-state index contributed by atoms with van der Waals surface area (Å²) in [5.41, 5.74) is 3.87. The van der Waals surface area contributed by atoms with E-state index in [1.807, 2.05) is 35.0 Å². The van der Waals surface area contributed by atoms with Gasteiger partial charge in [-0.25, -0.2) is 9.67 Å². The number of ether oxygens (including phenoxy) is 2. The van der Waals surface area contributed by atoms with E-state index in [9.17, 15) is 0 Å². The third-order valence-electron chi connectivity index (χ3n) is 5.33. The fourth-order valence-electron chi connectivity index (χ4n) is 3.54. The molecule has 1 aliphatic rings. The maximum Gasteiger partial charge on any atom is 0.211 e. The first-order valence-electron chi connectivity index (χ1n) is 10.1. The normalized spacial score (nSPS) is 17.1. The molecule has 6 nitrogen and oxygen atoms in total. The van der Waals surface area contributed by atoms with Gasteiger partial charge in [-0.15, -0.1) is 11.3 Å². The van der Waals surface area contributed by atoms with Crippen molar-refractivity contribution in [1.82, 2.24) is 9.66 Å². The van der Waals surface area contributed by atoms with Crippen LogP contribution in [-0.2, 0) is 0 Å². The highest BCUT2D eigenvalue weighted by atomic mass is 32.1. The minimum atomic E-state index is 0.758. The number of thiazole rings is 1. The summed E-state index contributed by atoms with van der Waals surface area (Å²) in [6, 6.07) is 9.63. The summed E-state index contributed by atoms with van der Waals surface area (Å²) in [5.74, 6) is 2.30. The fraction of sp³-hybridized carbons (Fsp3) is 0.348. The van der Waals surface area contributed by atoms with Crippen molar-refractivity contribution >= 4 is 22.7 Å². The number of nitrogens with zero attached hydrogens (tertiary/aromatic N) is 4. The minimum Gasteiger partial charge on any atom is -0.497 e. The summed E-state index contributed by atoms with van der Waals surface area (Å²) < 4.78 is 13.0. The molecule has 2 heterocycles. The highest BCUT2D eigenvalue weighted by Gasteiger charge is 2.17. The largest absolute Gasteiger partial charge is 0.497 e. The molecule has 1 aliphatic carbocycles. The maximum absolute atomic E-state index is 5.63. The van der Waals surface area contributed by atoms with Gasteiger partial charge >= 0.3 is 0 Å². The number of hydrogen-bond donors (Lipinski definition) is 0. The lowest BCUT2D eigenvalue weighted by Gasteiger charge is -2.19. The Morgan fingerprint density at radius 3 is 2.67 bits per heavy atom. The van der Waals surface area contributed by atoms with E-state index in [1.165, 1.54) is 18.6 Å². The summed E-state index contributed by atoms with van der Waals surface area (Å²) in [5, 5.41) is 7.12. The first kappa shape index (κ1) is 20.3. The van der Waals surface area contributed by atoms with Crippen molar-refractivity contribution in [1.29, 1.82) is 0 Å². The predicted octanol–water partition coefficient (Wildman–Crippen LogP) is 5.28. The molecular weight excluding hydrogens is 396 g/mol. The molecule has 0 atom stereocenters. The molecule has 3 aromatic rings. The summed E-state index contributed by atoms with van der Waals surface area (Å²) in [6.07, 6.45) is 7.89. The van der Waals surface area contributed by atoms with Crippen LogP contribution in [0.25, 0.3) is 11.3 Å². The lowest BCUT2D eigenvalue weighted by Crippen LogP contribution is -2.18. The third-order valence-corrected chi connectivity index (χ3v) is 6.15. The van der Waals surface area contributed by atoms with Crippen LogP contribution in [0, 0.1) is 5.92 Å². The van der Waals surface area contributed by atoms with E-state index in [0.29, 0.717) is 0 Å². The number of methoxy groups -OCH3 is 2. The first-order chi connectivity index (χ1) is 14.7. The van der Waals surface area contributed by atoms with Crippen molar-refractivity contribution in [2.24, 2.45) is 16.0 Å². The third kappa shape index (κ3) is 4.46. The van der Waals surface area contributed by atoms with Gasteiger partial charge in [-0.3, -0.25) is 4.98 Å². The van der Waals surface area contributed by atoms with Gasteiger partial charge in [0.25, 0.3) is 0 Å². The van der Waals surface area contributed by atoms with E-state index < -0.39 is 0 Å². The quantitative estimate of drug-likeness (QED) is 0.562. The van der Waals surface area contributed by atoms with E-state index >= 15 is 0 Å². The Morgan fingerprint density at radius 2 is 1.97 bits per heavy atom. The molecule has 1 saturated carbocycles. The fourth-order valence-corrected chi connectivity index (χ4v) is 4.38. The predicted molar refractivity (Wildman–Crippen MR) is 121 cm³/mol. The molecule has 0 aliphatic heterocycles. The van der Waals surface area contributed by atoms with Crippen molar-refractivity contribution in [2.75, 3.05) is 14.2 Å². The van der Waals surface area contributed by atoms with Gasteiger partial charge in [0.1, 0.15) is 11.5 Å². The van der Waals surface area contributed by atoms with Crippen LogP contribution in [0.5, 0.6) is 11.5 Å². The summed E-state index contributed by atoms with van der Waals surface area (Å²) in [4.78, 5) is 9.78. The molecule has 0 unspecified atom stereocenters. The molecule has 0 spiro atoms. The number of aromatic nitrogens is 2. The second-order valence-corrected chi connectivity index (χ2v) is 8.29. The smallest absolute Gasteiger partial charge is 0.211 e. The Bertz CT molecular complexity index is 1090. The zero-order chi connectivity index (χ0) is 20.9. The Balaban J connectivity index is 1.88. The van der Waals surface area contributed by atoms with Crippen LogP contribution in [0.4, 0.5) is 5.69 Å². The van der Waals surface area contributed by atoms with Crippen LogP contribution >= 0.6 is 11.3 Å². The number of hydrogen-bond acceptors (Lipinski definition) is 6. The molecule has 0 amide bonds. The number of benzene rings is 1. The molecule has 0 saturated heterocycles. The zero-order valence-electron chi connectivity index (χ0n) is 17.5. The van der Waals surface area contributed by atoms with E-state index in [4.69, 9.17) is 19.6 Å². The topological polar surface area (TPSA) is 61.0 Å². The van der Waals surface area contributed by atoms with Crippen molar-refractivity contribution < 1.29 is 9.47 Å². The molecule has 2 aromatic heterocycles. The molecule has 0 bridgehead atoms. The molecule has 4 rings (SSSR count). The number of pyridine rings is 1. The molecule has 0 N–H and O–H groups in total. The first-order valence-corrected chi connectivity index (χ1v) is 11.0. The molecule has 1 aromatic carbocycles. The van der Waals surface area contributed by atoms with Gasteiger partial charge in [0.15, 0.2) is 0 Å². The summed E-state index contributed by atoms with van der Waals surface area (Å²) >= 11 is 1.55. The minimum absolute atomic E-state index is 0.758. The van der Waals surface area contributed by atoms with Crippen LogP contribution in [0.3, 0.4) is 0 Å². The molecule has 0 radical (unpaired) electrons. The van der Waals surface area contributed by atoms with Crippen LogP contribution < -0.4 is 14.3 Å². The van der Waals surface area contributed by atoms with Crippen molar-refractivity contribution in [3.05, 3.63) is 52.9 Å². The second kappa shape index (κ2) is 9.26. The molecular formula is C23H26N4O2S. The lowest BCUT2D eigenvalue weighted by atomic mass is 9.90.